The van der Waals surface area contributed by atoms with Gasteiger partial charge in [-0.15, -0.1) is 0 Å². The molecule has 3 heteroatoms. The zero-order valence-corrected chi connectivity index (χ0v) is 12.3. The molecule has 0 aliphatic heterocycles. The third-order valence-corrected chi connectivity index (χ3v) is 3.37. The Morgan fingerprint density at radius 1 is 1.05 bits per heavy atom. The number of nitrogens with one attached hydrogen (secondary N) is 1. The lowest BCUT2D eigenvalue weighted by Gasteiger charge is -2.14. The van der Waals surface area contributed by atoms with E-state index in [0.717, 1.165) is 17.3 Å². The predicted molar refractivity (Wildman–Crippen MR) is 84.3 cm³/mol. The minimum Gasteiger partial charge on any atom is -0.381 e. The second-order valence-corrected chi connectivity index (χ2v) is 5.31. The zero-order valence-electron chi connectivity index (χ0n) is 11.6. The molecule has 1 N–H and O–H groups in total. The topological polar surface area (TPSA) is 15.3 Å². The van der Waals surface area contributed by atoms with E-state index in [1.807, 2.05) is 32.3 Å². The van der Waals surface area contributed by atoms with Crippen molar-refractivity contribution in [2.45, 2.75) is 13.5 Å². The van der Waals surface area contributed by atoms with Gasteiger partial charge in [-0.1, -0.05) is 29.8 Å². The maximum absolute atomic E-state index is 6.01. The highest BCUT2D eigenvalue weighted by molar-refractivity contribution is 6.30. The van der Waals surface area contributed by atoms with Crippen LogP contribution < -0.4 is 10.2 Å². The molecule has 2 aromatic carbocycles. The first-order chi connectivity index (χ1) is 9.06. The van der Waals surface area contributed by atoms with Crippen molar-refractivity contribution in [1.82, 2.24) is 0 Å². The fourth-order valence-electron chi connectivity index (χ4n) is 1.89. The molecule has 0 unspecified atom stereocenters. The van der Waals surface area contributed by atoms with Crippen LogP contribution in [0.5, 0.6) is 0 Å². The molecule has 0 heterocycles. The van der Waals surface area contributed by atoms with Crippen molar-refractivity contribution in [2.75, 3.05) is 24.3 Å². The van der Waals surface area contributed by atoms with Crippen LogP contribution >= 0.6 is 11.6 Å². The van der Waals surface area contributed by atoms with Gasteiger partial charge in [-0.2, -0.15) is 0 Å². The van der Waals surface area contributed by atoms with Gasteiger partial charge in [-0.05, 0) is 42.3 Å². The number of aryl methyl sites for hydroxylation is 1. The molecular weight excluding hydrogens is 256 g/mol. The lowest BCUT2D eigenvalue weighted by Crippen LogP contribution is -2.08. The van der Waals surface area contributed by atoms with Gasteiger partial charge in [-0.3, -0.25) is 0 Å². The molecule has 0 aliphatic rings. The minimum absolute atomic E-state index is 0.760. The molecule has 0 radical (unpaired) electrons. The van der Waals surface area contributed by atoms with E-state index in [1.165, 1.54) is 16.8 Å². The first-order valence-electron chi connectivity index (χ1n) is 6.32. The molecule has 0 amide bonds. The molecule has 19 heavy (non-hydrogen) atoms. The summed E-state index contributed by atoms with van der Waals surface area (Å²) in [5, 5.41) is 4.18. The van der Waals surface area contributed by atoms with Crippen molar-refractivity contribution in [3.8, 4) is 0 Å². The summed E-state index contributed by atoms with van der Waals surface area (Å²) in [5.74, 6) is 0. The van der Waals surface area contributed by atoms with Crippen molar-refractivity contribution < 1.29 is 0 Å². The summed E-state index contributed by atoms with van der Waals surface area (Å²) in [6.45, 7) is 2.88. The van der Waals surface area contributed by atoms with Crippen LogP contribution in [-0.2, 0) is 6.54 Å². The molecule has 0 saturated heterocycles. The summed E-state index contributed by atoms with van der Waals surface area (Å²) in [6, 6.07) is 14.4. The van der Waals surface area contributed by atoms with Crippen molar-refractivity contribution >= 4 is 23.0 Å². The van der Waals surface area contributed by atoms with Gasteiger partial charge in [0.2, 0.25) is 0 Å². The van der Waals surface area contributed by atoms with Crippen LogP contribution in [0.1, 0.15) is 11.1 Å². The number of hydrogen-bond donors (Lipinski definition) is 1. The van der Waals surface area contributed by atoms with Crippen molar-refractivity contribution in [3.63, 3.8) is 0 Å². The smallest absolute Gasteiger partial charge is 0.0426 e. The van der Waals surface area contributed by atoms with Crippen LogP contribution in [0.3, 0.4) is 0 Å². The standard InChI is InChI=1S/C16H19ClN2/c1-12-4-7-14(17)10-16(12)18-11-13-5-8-15(9-6-13)19(2)3/h4-10,18H,11H2,1-3H3. The molecule has 2 nitrogen and oxygen atoms in total. The molecule has 0 atom stereocenters. The van der Waals surface area contributed by atoms with Crippen LogP contribution in [-0.4, -0.2) is 14.1 Å². The molecule has 0 fully saturated rings. The van der Waals surface area contributed by atoms with E-state index in [-0.39, 0.29) is 0 Å². The maximum atomic E-state index is 6.01. The normalized spacial score (nSPS) is 10.3. The Hall–Kier alpha value is -1.67. The molecule has 2 rings (SSSR count). The van der Waals surface area contributed by atoms with Gasteiger partial charge in [0.25, 0.3) is 0 Å². The van der Waals surface area contributed by atoms with E-state index < -0.39 is 0 Å². The second kappa shape index (κ2) is 5.98. The van der Waals surface area contributed by atoms with Crippen LogP contribution in [0.25, 0.3) is 0 Å². The van der Waals surface area contributed by atoms with E-state index in [2.05, 4.69) is 41.4 Å². The molecule has 0 saturated carbocycles. The molecule has 0 aliphatic carbocycles. The van der Waals surface area contributed by atoms with Gasteiger partial charge in [-0.25, -0.2) is 0 Å². The summed E-state index contributed by atoms with van der Waals surface area (Å²) in [5.41, 5.74) is 4.76. The van der Waals surface area contributed by atoms with Crippen molar-refractivity contribution in [2.24, 2.45) is 0 Å². The third-order valence-electron chi connectivity index (χ3n) is 3.14. The summed E-state index contributed by atoms with van der Waals surface area (Å²) >= 11 is 6.01. The number of hydrogen-bond acceptors (Lipinski definition) is 2. The number of benzene rings is 2. The predicted octanol–water partition coefficient (Wildman–Crippen LogP) is 4.33. The Bertz CT molecular complexity index is 547. The quantitative estimate of drug-likeness (QED) is 0.893. The number of rotatable bonds is 4. The van der Waals surface area contributed by atoms with Crippen LogP contribution in [0.15, 0.2) is 42.5 Å². The van der Waals surface area contributed by atoms with E-state index in [0.29, 0.717) is 0 Å². The van der Waals surface area contributed by atoms with Gasteiger partial charge < -0.3 is 10.2 Å². The average Bonchev–Trinajstić information content (AvgIpc) is 2.40. The monoisotopic (exact) mass is 274 g/mol. The summed E-state index contributed by atoms with van der Waals surface area (Å²) < 4.78 is 0. The minimum atomic E-state index is 0.760. The Labute approximate surface area is 120 Å². The summed E-state index contributed by atoms with van der Waals surface area (Å²) in [6.07, 6.45) is 0. The second-order valence-electron chi connectivity index (χ2n) is 4.87. The fraction of sp³-hybridized carbons (Fsp3) is 0.250. The van der Waals surface area contributed by atoms with Gasteiger partial charge in [0.1, 0.15) is 0 Å². The number of halogens is 1. The van der Waals surface area contributed by atoms with E-state index in [9.17, 15) is 0 Å². The zero-order chi connectivity index (χ0) is 13.8. The van der Waals surface area contributed by atoms with Gasteiger partial charge >= 0.3 is 0 Å². The molecular formula is C16H19ClN2. The van der Waals surface area contributed by atoms with Crippen LogP contribution in [0, 0.1) is 6.92 Å². The first-order valence-corrected chi connectivity index (χ1v) is 6.70. The van der Waals surface area contributed by atoms with Crippen LogP contribution in [0.4, 0.5) is 11.4 Å². The van der Waals surface area contributed by atoms with Crippen molar-refractivity contribution in [1.29, 1.82) is 0 Å². The van der Waals surface area contributed by atoms with E-state index >= 15 is 0 Å². The summed E-state index contributed by atoms with van der Waals surface area (Å²) in [4.78, 5) is 2.10. The van der Waals surface area contributed by atoms with Gasteiger partial charge in [0, 0.05) is 37.0 Å². The number of nitrogens with zero attached hydrogens (tertiary/aromatic N) is 1. The average molecular weight is 275 g/mol. The molecule has 2 aromatic rings. The first kappa shape index (κ1) is 13.8. The summed E-state index contributed by atoms with van der Waals surface area (Å²) in [7, 11) is 4.09. The maximum Gasteiger partial charge on any atom is 0.0426 e. The third kappa shape index (κ3) is 3.65. The SMILES string of the molecule is Cc1ccc(Cl)cc1NCc1ccc(N(C)C)cc1. The van der Waals surface area contributed by atoms with E-state index in [4.69, 9.17) is 11.6 Å². The van der Waals surface area contributed by atoms with Gasteiger partial charge in [0.05, 0.1) is 0 Å². The highest BCUT2D eigenvalue weighted by Crippen LogP contribution is 2.21. The Kier molecular flexibility index (Phi) is 4.33. The van der Waals surface area contributed by atoms with Gasteiger partial charge in [0.15, 0.2) is 0 Å². The molecule has 0 bridgehead atoms. The lowest BCUT2D eigenvalue weighted by molar-refractivity contribution is 1.11. The Balaban J connectivity index is 2.04. The highest BCUT2D eigenvalue weighted by Gasteiger charge is 2.00. The van der Waals surface area contributed by atoms with E-state index in [1.54, 1.807) is 0 Å². The molecule has 100 valence electrons. The van der Waals surface area contributed by atoms with Crippen molar-refractivity contribution in [3.05, 3.63) is 58.6 Å². The number of anilines is 2. The Morgan fingerprint density at radius 3 is 2.37 bits per heavy atom. The highest BCUT2D eigenvalue weighted by atomic mass is 35.5. The van der Waals surface area contributed by atoms with Crippen LogP contribution in [0.2, 0.25) is 5.02 Å². The largest absolute Gasteiger partial charge is 0.381 e. The molecule has 0 spiro atoms. The molecule has 0 aromatic heterocycles. The fourth-order valence-corrected chi connectivity index (χ4v) is 2.07. The lowest BCUT2D eigenvalue weighted by atomic mass is 10.1. The Morgan fingerprint density at radius 2 is 1.74 bits per heavy atom.